The SMILES string of the molecule is COc1cc(SC(C)=O)ccc1C(=O)O. The third-order valence-corrected chi connectivity index (χ3v) is 2.44. The third kappa shape index (κ3) is 2.99. The van der Waals surface area contributed by atoms with E-state index >= 15 is 0 Å². The van der Waals surface area contributed by atoms with Gasteiger partial charge in [-0.05, 0) is 18.2 Å². The fourth-order valence-corrected chi connectivity index (χ4v) is 1.71. The maximum atomic E-state index is 10.8. The summed E-state index contributed by atoms with van der Waals surface area (Å²) in [5, 5.41) is 8.76. The number of hydrogen-bond donors (Lipinski definition) is 1. The van der Waals surface area contributed by atoms with Crippen LogP contribution in [0.5, 0.6) is 5.75 Å². The van der Waals surface area contributed by atoms with Crippen molar-refractivity contribution in [3.63, 3.8) is 0 Å². The second-order valence-corrected chi connectivity index (χ2v) is 4.01. The van der Waals surface area contributed by atoms with Gasteiger partial charge in [0.15, 0.2) is 5.12 Å². The van der Waals surface area contributed by atoms with Crippen molar-refractivity contribution in [2.24, 2.45) is 0 Å². The summed E-state index contributed by atoms with van der Waals surface area (Å²) in [6, 6.07) is 4.54. The van der Waals surface area contributed by atoms with E-state index in [1.54, 1.807) is 6.07 Å². The monoisotopic (exact) mass is 226 g/mol. The van der Waals surface area contributed by atoms with Crippen molar-refractivity contribution in [3.8, 4) is 5.75 Å². The minimum absolute atomic E-state index is 0.0554. The van der Waals surface area contributed by atoms with Crippen molar-refractivity contribution in [3.05, 3.63) is 23.8 Å². The summed E-state index contributed by atoms with van der Waals surface area (Å²) >= 11 is 1.04. The Morgan fingerprint density at radius 1 is 1.40 bits per heavy atom. The zero-order valence-electron chi connectivity index (χ0n) is 8.31. The van der Waals surface area contributed by atoms with Crippen LogP contribution in [-0.4, -0.2) is 23.3 Å². The second kappa shape index (κ2) is 4.84. The lowest BCUT2D eigenvalue weighted by Gasteiger charge is -2.06. The highest BCUT2D eigenvalue weighted by atomic mass is 32.2. The summed E-state index contributed by atoms with van der Waals surface area (Å²) in [4.78, 5) is 22.3. The molecular formula is C10H10O4S. The number of thioether (sulfide) groups is 1. The molecule has 0 spiro atoms. The number of hydrogen-bond acceptors (Lipinski definition) is 4. The first-order chi connectivity index (χ1) is 7.04. The minimum Gasteiger partial charge on any atom is -0.496 e. The van der Waals surface area contributed by atoms with Crippen molar-refractivity contribution >= 4 is 22.8 Å². The van der Waals surface area contributed by atoms with Crippen LogP contribution in [0.2, 0.25) is 0 Å². The molecule has 0 bridgehead atoms. The molecule has 15 heavy (non-hydrogen) atoms. The Labute approximate surface area is 91.2 Å². The molecule has 0 saturated carbocycles. The Balaban J connectivity index is 3.07. The predicted molar refractivity (Wildman–Crippen MR) is 56.5 cm³/mol. The number of aromatic carboxylic acids is 1. The zero-order valence-corrected chi connectivity index (χ0v) is 9.13. The standard InChI is InChI=1S/C10H10O4S/c1-6(11)15-7-3-4-8(10(12)13)9(5-7)14-2/h3-5H,1-2H3,(H,12,13). The molecule has 0 unspecified atom stereocenters. The van der Waals surface area contributed by atoms with Gasteiger partial charge in [-0.3, -0.25) is 4.79 Å². The molecule has 0 atom stereocenters. The van der Waals surface area contributed by atoms with E-state index in [1.165, 1.54) is 26.2 Å². The number of ether oxygens (including phenoxy) is 1. The van der Waals surface area contributed by atoms with Gasteiger partial charge in [-0.25, -0.2) is 4.79 Å². The van der Waals surface area contributed by atoms with E-state index in [4.69, 9.17) is 9.84 Å². The smallest absolute Gasteiger partial charge is 0.339 e. The average molecular weight is 226 g/mol. The van der Waals surface area contributed by atoms with Gasteiger partial charge in [0.25, 0.3) is 0 Å². The van der Waals surface area contributed by atoms with Crippen LogP contribution in [-0.2, 0) is 4.79 Å². The molecule has 0 aromatic heterocycles. The Morgan fingerprint density at radius 2 is 2.07 bits per heavy atom. The molecule has 0 amide bonds. The zero-order chi connectivity index (χ0) is 11.4. The number of benzene rings is 1. The van der Waals surface area contributed by atoms with Gasteiger partial charge in [-0.1, -0.05) is 11.8 Å². The van der Waals surface area contributed by atoms with Crippen LogP contribution in [0.4, 0.5) is 0 Å². The van der Waals surface area contributed by atoms with Gasteiger partial charge in [0.1, 0.15) is 11.3 Å². The van der Waals surface area contributed by atoms with Gasteiger partial charge in [-0.15, -0.1) is 0 Å². The van der Waals surface area contributed by atoms with Gasteiger partial charge in [-0.2, -0.15) is 0 Å². The molecule has 1 rings (SSSR count). The normalized spacial score (nSPS) is 9.73. The predicted octanol–water partition coefficient (Wildman–Crippen LogP) is 2.03. The summed E-state index contributed by atoms with van der Waals surface area (Å²) in [6.45, 7) is 1.45. The van der Waals surface area contributed by atoms with E-state index in [9.17, 15) is 9.59 Å². The molecule has 0 aliphatic carbocycles. The molecule has 1 aromatic carbocycles. The van der Waals surface area contributed by atoms with E-state index in [0.29, 0.717) is 4.90 Å². The summed E-state index contributed by atoms with van der Waals surface area (Å²) in [5.74, 6) is -0.792. The molecule has 0 heterocycles. The second-order valence-electron chi connectivity index (χ2n) is 2.76. The van der Waals surface area contributed by atoms with Crippen LogP contribution in [0, 0.1) is 0 Å². The average Bonchev–Trinajstić information content (AvgIpc) is 2.16. The number of carboxylic acid groups (broad SMARTS) is 1. The van der Waals surface area contributed by atoms with E-state index < -0.39 is 5.97 Å². The number of methoxy groups -OCH3 is 1. The first kappa shape index (κ1) is 11.6. The van der Waals surface area contributed by atoms with Gasteiger partial charge in [0.05, 0.1) is 7.11 Å². The highest BCUT2D eigenvalue weighted by molar-refractivity contribution is 8.13. The van der Waals surface area contributed by atoms with Crippen LogP contribution in [0.1, 0.15) is 17.3 Å². The molecule has 1 aromatic rings. The van der Waals surface area contributed by atoms with Crippen LogP contribution in [0.3, 0.4) is 0 Å². The summed E-state index contributed by atoms with van der Waals surface area (Å²) in [6.07, 6.45) is 0. The first-order valence-corrected chi connectivity index (χ1v) is 4.96. The molecule has 80 valence electrons. The van der Waals surface area contributed by atoms with E-state index in [2.05, 4.69) is 0 Å². The highest BCUT2D eigenvalue weighted by Crippen LogP contribution is 2.26. The van der Waals surface area contributed by atoms with Crippen LogP contribution < -0.4 is 4.74 Å². The quantitative estimate of drug-likeness (QED) is 0.799. The summed E-state index contributed by atoms with van der Waals surface area (Å²) in [7, 11) is 1.39. The molecular weight excluding hydrogens is 216 g/mol. The lowest BCUT2D eigenvalue weighted by atomic mass is 10.2. The fourth-order valence-electron chi connectivity index (χ4n) is 1.08. The third-order valence-electron chi connectivity index (χ3n) is 1.66. The molecule has 0 aliphatic rings. The van der Waals surface area contributed by atoms with Crippen LogP contribution in [0.25, 0.3) is 0 Å². The van der Waals surface area contributed by atoms with E-state index in [1.807, 2.05) is 0 Å². The van der Waals surface area contributed by atoms with Gasteiger partial charge in [0, 0.05) is 11.8 Å². The van der Waals surface area contributed by atoms with Crippen molar-refractivity contribution < 1.29 is 19.4 Å². The molecule has 1 N–H and O–H groups in total. The Kier molecular flexibility index (Phi) is 3.74. The topological polar surface area (TPSA) is 63.6 Å². The molecule has 0 fully saturated rings. The number of rotatable bonds is 3. The maximum absolute atomic E-state index is 10.8. The highest BCUT2D eigenvalue weighted by Gasteiger charge is 2.11. The Hall–Kier alpha value is -1.49. The molecule has 0 aliphatic heterocycles. The minimum atomic E-state index is -1.05. The van der Waals surface area contributed by atoms with E-state index in [-0.39, 0.29) is 16.4 Å². The number of carboxylic acids is 1. The van der Waals surface area contributed by atoms with Gasteiger partial charge in [0.2, 0.25) is 0 Å². The lowest BCUT2D eigenvalue weighted by Crippen LogP contribution is -2.00. The Bertz CT molecular complexity index is 400. The van der Waals surface area contributed by atoms with Crippen LogP contribution in [0.15, 0.2) is 23.1 Å². The molecule has 5 heteroatoms. The molecule has 0 radical (unpaired) electrons. The van der Waals surface area contributed by atoms with Crippen molar-refractivity contribution in [1.82, 2.24) is 0 Å². The summed E-state index contributed by atoms with van der Waals surface area (Å²) < 4.78 is 4.92. The maximum Gasteiger partial charge on any atom is 0.339 e. The largest absolute Gasteiger partial charge is 0.496 e. The van der Waals surface area contributed by atoms with Crippen molar-refractivity contribution in [2.45, 2.75) is 11.8 Å². The lowest BCUT2D eigenvalue weighted by molar-refractivity contribution is -0.109. The fraction of sp³-hybridized carbons (Fsp3) is 0.200. The Morgan fingerprint density at radius 3 is 2.53 bits per heavy atom. The van der Waals surface area contributed by atoms with Crippen LogP contribution >= 0.6 is 11.8 Å². The van der Waals surface area contributed by atoms with E-state index in [0.717, 1.165) is 11.8 Å². The van der Waals surface area contributed by atoms with Crippen molar-refractivity contribution in [2.75, 3.05) is 7.11 Å². The number of carbonyl (C=O) groups excluding carboxylic acids is 1. The first-order valence-electron chi connectivity index (χ1n) is 4.14. The molecule has 0 saturated heterocycles. The molecule has 4 nitrogen and oxygen atoms in total. The number of carbonyl (C=O) groups is 2. The van der Waals surface area contributed by atoms with Gasteiger partial charge < -0.3 is 9.84 Å². The van der Waals surface area contributed by atoms with Gasteiger partial charge >= 0.3 is 5.97 Å². The van der Waals surface area contributed by atoms with Crippen molar-refractivity contribution in [1.29, 1.82) is 0 Å². The summed E-state index contributed by atoms with van der Waals surface area (Å²) in [5.41, 5.74) is 0.0883.